The molecule has 0 aliphatic carbocycles. The van der Waals surface area contributed by atoms with E-state index < -0.39 is 0 Å². The zero-order valence-electron chi connectivity index (χ0n) is 6.45. The Labute approximate surface area is 69.4 Å². The van der Waals surface area contributed by atoms with Crippen LogP contribution in [-0.4, -0.2) is 10.2 Å². The second kappa shape index (κ2) is 2.83. The summed E-state index contributed by atoms with van der Waals surface area (Å²) in [7, 11) is 0. The van der Waals surface area contributed by atoms with Crippen LogP contribution in [0.4, 0.5) is 0 Å². The van der Waals surface area contributed by atoms with Gasteiger partial charge in [-0.3, -0.25) is 5.10 Å². The van der Waals surface area contributed by atoms with Gasteiger partial charge in [-0.25, -0.2) is 0 Å². The second-order valence-corrected chi connectivity index (χ2v) is 2.49. The third-order valence-electron chi connectivity index (χ3n) is 1.67. The monoisotopic (exact) mass is 163 g/mol. The minimum Gasteiger partial charge on any atom is -0.472 e. The molecule has 62 valence electrons. The number of nitrogens with one attached hydrogen (secondary N) is 1. The summed E-state index contributed by atoms with van der Waals surface area (Å²) in [5.74, 6) is 0. The van der Waals surface area contributed by atoms with Crippen molar-refractivity contribution in [2.75, 3.05) is 0 Å². The Hall–Kier alpha value is -1.55. The number of nitrogens with zero attached hydrogens (tertiary/aromatic N) is 1. The topological polar surface area (TPSA) is 67.8 Å². The number of hydrogen-bond acceptors (Lipinski definition) is 3. The standard InChI is InChI=1S/C8H9N3O/c9-4-7-3-8(11-10-7)6-1-2-12-5-6/h1-3,5H,4,9H2,(H,10,11). The molecule has 0 atom stereocenters. The molecule has 0 fully saturated rings. The van der Waals surface area contributed by atoms with Crippen LogP contribution >= 0.6 is 0 Å². The van der Waals surface area contributed by atoms with Crippen molar-refractivity contribution in [3.05, 3.63) is 30.4 Å². The molecule has 0 aliphatic heterocycles. The van der Waals surface area contributed by atoms with Gasteiger partial charge in [-0.15, -0.1) is 0 Å². The van der Waals surface area contributed by atoms with Crippen LogP contribution in [0, 0.1) is 0 Å². The molecule has 3 N–H and O–H groups in total. The quantitative estimate of drug-likeness (QED) is 0.697. The van der Waals surface area contributed by atoms with Crippen LogP contribution in [0.15, 0.2) is 29.1 Å². The van der Waals surface area contributed by atoms with E-state index in [9.17, 15) is 0 Å². The zero-order valence-corrected chi connectivity index (χ0v) is 6.45. The van der Waals surface area contributed by atoms with E-state index >= 15 is 0 Å². The average molecular weight is 163 g/mol. The minimum atomic E-state index is 0.477. The van der Waals surface area contributed by atoms with Crippen molar-refractivity contribution in [1.82, 2.24) is 10.2 Å². The third kappa shape index (κ3) is 1.12. The maximum atomic E-state index is 5.42. The molecule has 0 spiro atoms. The molecule has 4 nitrogen and oxygen atoms in total. The third-order valence-corrected chi connectivity index (χ3v) is 1.67. The van der Waals surface area contributed by atoms with Crippen molar-refractivity contribution < 1.29 is 4.42 Å². The Morgan fingerprint density at radius 2 is 2.50 bits per heavy atom. The highest BCUT2D eigenvalue weighted by molar-refractivity contribution is 5.57. The number of aromatic amines is 1. The van der Waals surface area contributed by atoms with Crippen molar-refractivity contribution >= 4 is 0 Å². The number of H-pyrrole nitrogens is 1. The smallest absolute Gasteiger partial charge is 0.0997 e. The van der Waals surface area contributed by atoms with Crippen LogP contribution in [0.3, 0.4) is 0 Å². The number of nitrogens with two attached hydrogens (primary N) is 1. The highest BCUT2D eigenvalue weighted by Gasteiger charge is 2.02. The van der Waals surface area contributed by atoms with Crippen LogP contribution in [0.5, 0.6) is 0 Å². The zero-order chi connectivity index (χ0) is 8.39. The first-order valence-corrected chi connectivity index (χ1v) is 3.67. The van der Waals surface area contributed by atoms with E-state index in [-0.39, 0.29) is 0 Å². The van der Waals surface area contributed by atoms with Crippen molar-refractivity contribution in [2.24, 2.45) is 5.73 Å². The van der Waals surface area contributed by atoms with Gasteiger partial charge in [0.15, 0.2) is 0 Å². The van der Waals surface area contributed by atoms with Gasteiger partial charge in [-0.05, 0) is 12.1 Å². The van der Waals surface area contributed by atoms with Gasteiger partial charge in [0, 0.05) is 17.8 Å². The summed E-state index contributed by atoms with van der Waals surface area (Å²) in [4.78, 5) is 0. The van der Waals surface area contributed by atoms with E-state index in [0.717, 1.165) is 17.0 Å². The normalized spacial score (nSPS) is 10.4. The Balaban J connectivity index is 2.35. The summed E-state index contributed by atoms with van der Waals surface area (Å²) < 4.78 is 4.93. The van der Waals surface area contributed by atoms with E-state index in [2.05, 4.69) is 10.2 Å². The van der Waals surface area contributed by atoms with Crippen LogP contribution in [0.25, 0.3) is 11.3 Å². The summed E-state index contributed by atoms with van der Waals surface area (Å²) in [6, 6.07) is 3.77. The first-order chi connectivity index (χ1) is 5.90. The Bertz CT molecular complexity index is 350. The Kier molecular flexibility index (Phi) is 1.68. The molecule has 0 amide bonds. The van der Waals surface area contributed by atoms with Crippen LogP contribution < -0.4 is 5.73 Å². The maximum absolute atomic E-state index is 5.42. The van der Waals surface area contributed by atoms with Crippen LogP contribution in [-0.2, 0) is 6.54 Å². The molecule has 0 bridgehead atoms. The summed E-state index contributed by atoms with van der Waals surface area (Å²) >= 11 is 0. The van der Waals surface area contributed by atoms with E-state index in [1.54, 1.807) is 12.5 Å². The van der Waals surface area contributed by atoms with E-state index in [1.165, 1.54) is 0 Å². The Morgan fingerprint density at radius 1 is 1.58 bits per heavy atom. The Morgan fingerprint density at radius 3 is 3.08 bits per heavy atom. The fraction of sp³-hybridized carbons (Fsp3) is 0.125. The number of rotatable bonds is 2. The van der Waals surface area contributed by atoms with Gasteiger partial charge in [0.25, 0.3) is 0 Å². The van der Waals surface area contributed by atoms with Crippen molar-refractivity contribution in [3.8, 4) is 11.3 Å². The maximum Gasteiger partial charge on any atom is 0.0997 e. The van der Waals surface area contributed by atoms with Crippen LogP contribution in [0.2, 0.25) is 0 Å². The van der Waals surface area contributed by atoms with Crippen molar-refractivity contribution in [1.29, 1.82) is 0 Å². The highest BCUT2D eigenvalue weighted by Crippen LogP contribution is 2.17. The van der Waals surface area contributed by atoms with E-state index in [4.69, 9.17) is 10.2 Å². The summed E-state index contributed by atoms with van der Waals surface area (Å²) in [5, 5.41) is 6.89. The molecule has 0 aliphatic rings. The lowest BCUT2D eigenvalue weighted by atomic mass is 10.2. The fourth-order valence-electron chi connectivity index (χ4n) is 1.02. The SMILES string of the molecule is NCc1cc(-c2ccoc2)n[nH]1. The van der Waals surface area contributed by atoms with E-state index in [1.807, 2.05) is 12.1 Å². The highest BCUT2D eigenvalue weighted by atomic mass is 16.3. The molecule has 0 saturated heterocycles. The van der Waals surface area contributed by atoms with Gasteiger partial charge < -0.3 is 10.2 Å². The predicted octanol–water partition coefficient (Wildman–Crippen LogP) is 1.13. The summed E-state index contributed by atoms with van der Waals surface area (Å²) in [5.41, 5.74) is 8.17. The lowest BCUT2D eigenvalue weighted by Crippen LogP contribution is -1.95. The number of hydrogen-bond donors (Lipinski definition) is 2. The molecule has 2 heterocycles. The van der Waals surface area contributed by atoms with Gasteiger partial charge >= 0.3 is 0 Å². The molecule has 2 rings (SSSR count). The lowest BCUT2D eigenvalue weighted by molar-refractivity contribution is 0.568. The van der Waals surface area contributed by atoms with Crippen LogP contribution in [0.1, 0.15) is 5.69 Å². The lowest BCUT2D eigenvalue weighted by Gasteiger charge is -1.83. The predicted molar refractivity (Wildman–Crippen MR) is 44.2 cm³/mol. The molecule has 4 heteroatoms. The first-order valence-electron chi connectivity index (χ1n) is 3.67. The van der Waals surface area contributed by atoms with Gasteiger partial charge in [-0.2, -0.15) is 5.10 Å². The van der Waals surface area contributed by atoms with Gasteiger partial charge in [-0.1, -0.05) is 0 Å². The molecule has 2 aromatic rings. The fourth-order valence-corrected chi connectivity index (χ4v) is 1.02. The molecule has 0 radical (unpaired) electrons. The molecule has 0 saturated carbocycles. The van der Waals surface area contributed by atoms with Gasteiger partial charge in [0.2, 0.25) is 0 Å². The van der Waals surface area contributed by atoms with Gasteiger partial charge in [0.05, 0.1) is 18.2 Å². The average Bonchev–Trinajstić information content (AvgIpc) is 2.75. The second-order valence-electron chi connectivity index (χ2n) is 2.49. The molecule has 0 unspecified atom stereocenters. The van der Waals surface area contributed by atoms with Crippen molar-refractivity contribution in [2.45, 2.75) is 6.54 Å². The number of aromatic nitrogens is 2. The largest absolute Gasteiger partial charge is 0.472 e. The minimum absolute atomic E-state index is 0.477. The van der Waals surface area contributed by atoms with Crippen molar-refractivity contribution in [3.63, 3.8) is 0 Å². The van der Waals surface area contributed by atoms with E-state index in [0.29, 0.717) is 6.54 Å². The summed E-state index contributed by atoms with van der Waals surface area (Å²) in [6.45, 7) is 0.477. The molecular weight excluding hydrogens is 154 g/mol. The molecular formula is C8H9N3O. The molecule has 2 aromatic heterocycles. The molecule has 0 aromatic carbocycles. The summed E-state index contributed by atoms with van der Waals surface area (Å²) in [6.07, 6.45) is 3.27. The molecule has 12 heavy (non-hydrogen) atoms. The van der Waals surface area contributed by atoms with Gasteiger partial charge in [0.1, 0.15) is 0 Å². The first kappa shape index (κ1) is 7.12. The number of furan rings is 1.